The van der Waals surface area contributed by atoms with E-state index < -0.39 is 5.97 Å². The van der Waals surface area contributed by atoms with Crippen LogP contribution in [-0.2, 0) is 16.1 Å². The smallest absolute Gasteiger partial charge is 0.338 e. The Kier molecular flexibility index (Phi) is 6.06. The first-order valence-corrected chi connectivity index (χ1v) is 8.35. The van der Waals surface area contributed by atoms with Crippen LogP contribution in [0.2, 0.25) is 0 Å². The van der Waals surface area contributed by atoms with Crippen molar-refractivity contribution < 1.29 is 19.1 Å². The average molecular weight is 396 g/mol. The van der Waals surface area contributed by atoms with E-state index in [2.05, 4.69) is 21.2 Å². The van der Waals surface area contributed by atoms with Crippen LogP contribution in [0.25, 0.3) is 0 Å². The quantitative estimate of drug-likeness (QED) is 0.601. The van der Waals surface area contributed by atoms with Gasteiger partial charge in [0.05, 0.1) is 17.0 Å². The van der Waals surface area contributed by atoms with Gasteiger partial charge < -0.3 is 10.1 Å². The molecular weight excluding hydrogens is 382 g/mol. The fourth-order valence-corrected chi connectivity index (χ4v) is 3.01. The third kappa shape index (κ3) is 5.30. The lowest BCUT2D eigenvalue weighted by Crippen LogP contribution is -2.18. The molecule has 0 unspecified atom stereocenters. The van der Waals surface area contributed by atoms with E-state index in [9.17, 15) is 14.4 Å². The minimum atomic E-state index is -0.547. The van der Waals surface area contributed by atoms with Gasteiger partial charge in [0.25, 0.3) is 0 Å². The Labute approximate surface area is 145 Å². The number of ether oxygens (including phenoxy) is 1. The molecule has 1 heterocycles. The van der Waals surface area contributed by atoms with E-state index >= 15 is 0 Å². The predicted octanol–water partition coefficient (Wildman–Crippen LogP) is 3.19. The summed E-state index contributed by atoms with van der Waals surface area (Å²) in [6.45, 7) is 1.50. The summed E-state index contributed by atoms with van der Waals surface area (Å²) in [7, 11) is 0. The summed E-state index contributed by atoms with van der Waals surface area (Å²) in [5.41, 5.74) is 0.379. The largest absolute Gasteiger partial charge is 0.454 e. The predicted molar refractivity (Wildman–Crippen MR) is 90.6 cm³/mol. The molecule has 0 aliphatic carbocycles. The number of halogens is 1. The Hall–Kier alpha value is -1.99. The lowest BCUT2D eigenvalue weighted by molar-refractivity contribution is -0.119. The normalized spacial score (nSPS) is 10.2. The fraction of sp³-hybridized carbons (Fsp3) is 0.188. The van der Waals surface area contributed by atoms with Crippen molar-refractivity contribution >= 4 is 44.9 Å². The van der Waals surface area contributed by atoms with E-state index in [1.165, 1.54) is 18.3 Å². The second kappa shape index (κ2) is 8.03. The summed E-state index contributed by atoms with van der Waals surface area (Å²) < 4.78 is 5.80. The van der Waals surface area contributed by atoms with E-state index in [1.54, 1.807) is 36.4 Å². The number of nitrogens with one attached hydrogen (secondary N) is 1. The monoisotopic (exact) mass is 395 g/mol. The highest BCUT2D eigenvalue weighted by atomic mass is 79.9. The minimum Gasteiger partial charge on any atom is -0.454 e. The number of Topliss-reactive ketones (excluding diaryl/α,β-unsaturated/α-hetero) is 1. The molecule has 0 saturated carbocycles. The average Bonchev–Trinajstić information content (AvgIpc) is 2.99. The molecule has 1 amide bonds. The molecule has 1 aromatic carbocycles. The number of ketones is 1. The summed E-state index contributed by atoms with van der Waals surface area (Å²) in [4.78, 5) is 36.1. The van der Waals surface area contributed by atoms with Gasteiger partial charge in [-0.2, -0.15) is 0 Å². The number of rotatable bonds is 6. The maximum absolute atomic E-state index is 12.0. The lowest BCUT2D eigenvalue weighted by Gasteiger charge is -2.03. The summed E-state index contributed by atoms with van der Waals surface area (Å²) in [5, 5.41) is 2.66. The third-order valence-electron chi connectivity index (χ3n) is 2.84. The fourth-order valence-electron chi connectivity index (χ4n) is 1.74. The Morgan fingerprint density at radius 3 is 2.70 bits per heavy atom. The van der Waals surface area contributed by atoms with Crippen molar-refractivity contribution in [2.75, 3.05) is 6.61 Å². The molecule has 2 aromatic rings. The van der Waals surface area contributed by atoms with Gasteiger partial charge in [0.2, 0.25) is 11.7 Å². The number of esters is 1. The van der Waals surface area contributed by atoms with Crippen molar-refractivity contribution in [2.45, 2.75) is 13.5 Å². The van der Waals surface area contributed by atoms with E-state index in [-0.39, 0.29) is 18.3 Å². The number of benzene rings is 1. The van der Waals surface area contributed by atoms with Gasteiger partial charge in [-0.15, -0.1) is 11.3 Å². The van der Waals surface area contributed by atoms with Crippen molar-refractivity contribution in [1.29, 1.82) is 0 Å². The number of carbonyl (C=O) groups excluding carboxylic acids is 3. The molecule has 0 fully saturated rings. The first kappa shape index (κ1) is 17.4. The molecule has 0 aliphatic rings. The van der Waals surface area contributed by atoms with Crippen LogP contribution in [0.1, 0.15) is 31.8 Å². The van der Waals surface area contributed by atoms with E-state index in [1.807, 2.05) is 0 Å². The molecular formula is C16H14BrNO4S. The molecule has 0 saturated heterocycles. The van der Waals surface area contributed by atoms with Crippen LogP contribution in [0.5, 0.6) is 0 Å². The zero-order valence-electron chi connectivity index (χ0n) is 12.3. The maximum atomic E-state index is 12.0. The molecule has 1 N–H and O–H groups in total. The summed E-state index contributed by atoms with van der Waals surface area (Å²) in [6, 6.07) is 10.2. The molecule has 23 heavy (non-hydrogen) atoms. The number of hydrogen-bond donors (Lipinski definition) is 1. The Morgan fingerprint density at radius 2 is 2.00 bits per heavy atom. The van der Waals surface area contributed by atoms with Crippen molar-refractivity contribution in [2.24, 2.45) is 0 Å². The lowest BCUT2D eigenvalue weighted by atomic mass is 10.2. The SMILES string of the molecule is CC(=O)NCc1ccc(C(=O)COC(=O)c2cccc(Br)c2)s1. The highest BCUT2D eigenvalue weighted by Crippen LogP contribution is 2.17. The van der Waals surface area contributed by atoms with Crippen molar-refractivity contribution in [3.63, 3.8) is 0 Å². The van der Waals surface area contributed by atoms with Crippen molar-refractivity contribution in [3.8, 4) is 0 Å². The van der Waals surface area contributed by atoms with E-state index in [0.29, 0.717) is 17.0 Å². The van der Waals surface area contributed by atoms with Crippen LogP contribution in [0.3, 0.4) is 0 Å². The number of hydrogen-bond acceptors (Lipinski definition) is 5. The van der Waals surface area contributed by atoms with Gasteiger partial charge in [-0.1, -0.05) is 22.0 Å². The van der Waals surface area contributed by atoms with E-state index in [0.717, 1.165) is 9.35 Å². The topological polar surface area (TPSA) is 72.5 Å². The second-order valence-electron chi connectivity index (χ2n) is 4.69. The highest BCUT2D eigenvalue weighted by molar-refractivity contribution is 9.10. The molecule has 0 spiro atoms. The minimum absolute atomic E-state index is 0.130. The maximum Gasteiger partial charge on any atom is 0.338 e. The number of amides is 1. The van der Waals surface area contributed by atoms with Gasteiger partial charge in [0.15, 0.2) is 6.61 Å². The van der Waals surface area contributed by atoms with Crippen molar-refractivity contribution in [3.05, 3.63) is 56.2 Å². The van der Waals surface area contributed by atoms with Crippen molar-refractivity contribution in [1.82, 2.24) is 5.32 Å². The zero-order chi connectivity index (χ0) is 16.8. The molecule has 5 nitrogen and oxygen atoms in total. The molecule has 0 aliphatic heterocycles. The molecule has 0 atom stereocenters. The van der Waals surface area contributed by atoms with Crippen LogP contribution in [0, 0.1) is 0 Å². The summed E-state index contributed by atoms with van der Waals surface area (Å²) in [5.74, 6) is -0.948. The summed E-state index contributed by atoms with van der Waals surface area (Å²) >= 11 is 4.54. The number of thiophene rings is 1. The van der Waals surface area contributed by atoms with Crippen LogP contribution in [0.4, 0.5) is 0 Å². The van der Waals surface area contributed by atoms with Gasteiger partial charge in [0.1, 0.15) is 0 Å². The Bertz CT molecular complexity index is 741. The Morgan fingerprint density at radius 1 is 1.22 bits per heavy atom. The number of carbonyl (C=O) groups is 3. The molecule has 7 heteroatoms. The second-order valence-corrected chi connectivity index (χ2v) is 6.77. The molecule has 2 rings (SSSR count). The first-order chi connectivity index (χ1) is 11.0. The van der Waals surface area contributed by atoms with Crippen LogP contribution >= 0.6 is 27.3 Å². The first-order valence-electron chi connectivity index (χ1n) is 6.75. The van der Waals surface area contributed by atoms with Crippen LogP contribution < -0.4 is 5.32 Å². The van der Waals surface area contributed by atoms with E-state index in [4.69, 9.17) is 4.74 Å². The van der Waals surface area contributed by atoms with Gasteiger partial charge in [-0.3, -0.25) is 9.59 Å². The van der Waals surface area contributed by atoms with Crippen LogP contribution in [-0.4, -0.2) is 24.3 Å². The van der Waals surface area contributed by atoms with Crippen LogP contribution in [0.15, 0.2) is 40.9 Å². The molecule has 0 bridgehead atoms. The standard InChI is InChI=1S/C16H14BrNO4S/c1-10(19)18-8-13-5-6-15(23-13)14(20)9-22-16(21)11-3-2-4-12(17)7-11/h2-7H,8-9H2,1H3,(H,18,19). The molecule has 120 valence electrons. The van der Waals surface area contributed by atoms with Gasteiger partial charge in [-0.25, -0.2) is 4.79 Å². The highest BCUT2D eigenvalue weighted by Gasteiger charge is 2.14. The third-order valence-corrected chi connectivity index (χ3v) is 4.46. The van der Waals surface area contributed by atoms with Gasteiger partial charge >= 0.3 is 5.97 Å². The van der Waals surface area contributed by atoms with Gasteiger partial charge in [-0.05, 0) is 30.3 Å². The molecule has 0 radical (unpaired) electrons. The Balaban J connectivity index is 1.89. The summed E-state index contributed by atoms with van der Waals surface area (Å²) in [6.07, 6.45) is 0. The van der Waals surface area contributed by atoms with Gasteiger partial charge in [0, 0.05) is 16.3 Å². The zero-order valence-corrected chi connectivity index (χ0v) is 14.7. The molecule has 1 aromatic heterocycles.